The molecule has 0 radical (unpaired) electrons. The Hall–Kier alpha value is -3.41. The van der Waals surface area contributed by atoms with Crippen molar-refractivity contribution in [3.05, 3.63) is 24.2 Å². The number of imide groups is 1. The third-order valence-corrected chi connectivity index (χ3v) is 4.88. The molecule has 0 saturated carbocycles. The van der Waals surface area contributed by atoms with Crippen LogP contribution >= 0.6 is 0 Å². The molecule has 2 aliphatic rings. The normalized spacial score (nSPS) is 24.0. The summed E-state index contributed by atoms with van der Waals surface area (Å²) in [5.74, 6) is -0.390. The number of rotatable bonds is 4. The van der Waals surface area contributed by atoms with Crippen molar-refractivity contribution >= 4 is 29.5 Å². The number of cyclic esters (lactones) is 1. The van der Waals surface area contributed by atoms with Gasteiger partial charge in [0.2, 0.25) is 0 Å². The summed E-state index contributed by atoms with van der Waals surface area (Å²) in [6, 6.07) is 2.52. The van der Waals surface area contributed by atoms with Gasteiger partial charge in [-0.05, 0) is 25.0 Å². The van der Waals surface area contributed by atoms with Crippen molar-refractivity contribution in [2.45, 2.75) is 31.1 Å². The molecule has 29 heavy (non-hydrogen) atoms. The summed E-state index contributed by atoms with van der Waals surface area (Å²) in [4.78, 5) is 40.3. The van der Waals surface area contributed by atoms with Crippen LogP contribution in [-0.2, 0) is 23.7 Å². The van der Waals surface area contributed by atoms with E-state index in [2.05, 4.69) is 14.8 Å². The summed E-state index contributed by atoms with van der Waals surface area (Å²) >= 11 is 0. The van der Waals surface area contributed by atoms with E-state index in [4.69, 9.17) is 19.9 Å². The number of fused-ring (bicyclic) bond motifs is 1. The maximum absolute atomic E-state index is 12.3. The Kier molecular flexibility index (Phi) is 4.92. The second-order valence-corrected chi connectivity index (χ2v) is 6.59. The molecule has 2 amide bonds. The minimum atomic E-state index is -1.16. The van der Waals surface area contributed by atoms with Gasteiger partial charge in [0.15, 0.2) is 11.9 Å². The van der Waals surface area contributed by atoms with Gasteiger partial charge in [-0.1, -0.05) is 0 Å². The lowest BCUT2D eigenvalue weighted by atomic mass is 10.1. The van der Waals surface area contributed by atoms with Crippen LogP contribution in [0.3, 0.4) is 0 Å². The molecule has 4 heterocycles. The van der Waals surface area contributed by atoms with Crippen LogP contribution in [0.25, 0.3) is 5.52 Å². The summed E-state index contributed by atoms with van der Waals surface area (Å²) in [6.45, 7) is -0.345. The number of nitrogens with two attached hydrogens (primary N) is 1. The Morgan fingerprint density at radius 2 is 2.17 bits per heavy atom. The molecule has 0 bridgehead atoms. The number of esters is 1. The lowest BCUT2D eigenvalue weighted by Crippen LogP contribution is -2.45. The Morgan fingerprint density at radius 1 is 1.34 bits per heavy atom. The smallest absolute Gasteiger partial charge is 0.420 e. The van der Waals surface area contributed by atoms with Gasteiger partial charge in [-0.3, -0.25) is 0 Å². The van der Waals surface area contributed by atoms with Gasteiger partial charge in [-0.2, -0.15) is 10.00 Å². The van der Waals surface area contributed by atoms with Gasteiger partial charge in [0.1, 0.15) is 31.2 Å². The van der Waals surface area contributed by atoms with Crippen LogP contribution in [0.2, 0.25) is 0 Å². The van der Waals surface area contributed by atoms with E-state index < -0.39 is 24.2 Å². The monoisotopic (exact) mass is 405 g/mol. The van der Waals surface area contributed by atoms with E-state index in [-0.39, 0.29) is 25.4 Å². The fraction of sp³-hybridized carbons (Fsp3) is 0.471. The summed E-state index contributed by atoms with van der Waals surface area (Å²) in [5, 5.41) is 4.20. The quantitative estimate of drug-likeness (QED) is 0.568. The van der Waals surface area contributed by atoms with E-state index in [0.29, 0.717) is 29.1 Å². The third-order valence-electron chi connectivity index (χ3n) is 4.88. The number of aromatic nitrogens is 3. The third kappa shape index (κ3) is 3.42. The van der Waals surface area contributed by atoms with Crippen molar-refractivity contribution in [3.63, 3.8) is 0 Å². The van der Waals surface area contributed by atoms with Gasteiger partial charge in [0.05, 0.1) is 18.9 Å². The minimum Gasteiger partial charge on any atom is -0.467 e. The number of hydrogen-bond acceptors (Lipinski definition) is 10. The van der Waals surface area contributed by atoms with Gasteiger partial charge in [-0.15, -0.1) is 0 Å². The number of carbonyl (C=O) groups is 3. The zero-order valence-electron chi connectivity index (χ0n) is 15.5. The van der Waals surface area contributed by atoms with Crippen LogP contribution in [0.15, 0.2) is 18.5 Å². The van der Waals surface area contributed by atoms with Crippen molar-refractivity contribution < 1.29 is 33.3 Å². The number of ether oxygens (including phenoxy) is 4. The number of nitrogens with zero attached hydrogens (tertiary/aromatic N) is 4. The first kappa shape index (κ1) is 18.9. The Labute approximate surface area is 164 Å². The predicted molar refractivity (Wildman–Crippen MR) is 94.6 cm³/mol. The Balaban J connectivity index is 1.37. The van der Waals surface area contributed by atoms with E-state index in [1.54, 1.807) is 4.52 Å². The maximum Gasteiger partial charge on any atom is 0.420 e. The first-order valence-corrected chi connectivity index (χ1v) is 8.93. The van der Waals surface area contributed by atoms with E-state index in [9.17, 15) is 14.4 Å². The molecule has 12 nitrogen and oxygen atoms in total. The molecule has 3 unspecified atom stereocenters. The molecule has 2 fully saturated rings. The molecule has 0 spiro atoms. The van der Waals surface area contributed by atoms with Crippen molar-refractivity contribution in [2.24, 2.45) is 0 Å². The van der Waals surface area contributed by atoms with Crippen molar-refractivity contribution in [3.8, 4) is 0 Å². The van der Waals surface area contributed by atoms with Crippen LogP contribution in [0.4, 0.5) is 15.4 Å². The number of hydrogen-bond donors (Lipinski definition) is 1. The van der Waals surface area contributed by atoms with E-state index >= 15 is 0 Å². The molecule has 0 aliphatic carbocycles. The average Bonchev–Trinajstić information content (AvgIpc) is 3.43. The summed E-state index contributed by atoms with van der Waals surface area (Å²) in [6.07, 6.45) is 0.133. The maximum atomic E-state index is 12.3. The van der Waals surface area contributed by atoms with Gasteiger partial charge in [-0.25, -0.2) is 23.9 Å². The van der Waals surface area contributed by atoms with Crippen LogP contribution in [-0.4, -0.2) is 70.1 Å². The summed E-state index contributed by atoms with van der Waals surface area (Å²) in [5.41, 5.74) is 7.34. The van der Waals surface area contributed by atoms with Gasteiger partial charge in [0, 0.05) is 0 Å². The SMILES string of the molecule is COC(=O)C1COC(=O)N1C(=O)OCC1CCC(c2ccc3c(N)ncnn23)O1. The van der Waals surface area contributed by atoms with E-state index in [1.165, 1.54) is 6.33 Å². The predicted octanol–water partition coefficient (Wildman–Crippen LogP) is 0.662. The highest BCUT2D eigenvalue weighted by atomic mass is 16.6. The molecule has 2 aromatic heterocycles. The van der Waals surface area contributed by atoms with Gasteiger partial charge >= 0.3 is 18.2 Å². The number of nitrogen functional groups attached to an aromatic ring is 1. The second-order valence-electron chi connectivity index (χ2n) is 6.59. The molecule has 2 aliphatic heterocycles. The molecule has 0 aromatic carbocycles. The molecule has 154 valence electrons. The lowest BCUT2D eigenvalue weighted by molar-refractivity contribution is -0.144. The summed E-state index contributed by atoms with van der Waals surface area (Å²) in [7, 11) is 1.16. The molecule has 12 heteroatoms. The van der Waals surface area contributed by atoms with E-state index in [0.717, 1.165) is 12.8 Å². The van der Waals surface area contributed by atoms with Crippen LogP contribution in [0.1, 0.15) is 24.6 Å². The topological polar surface area (TPSA) is 148 Å². The zero-order chi connectivity index (χ0) is 20.5. The van der Waals surface area contributed by atoms with E-state index in [1.807, 2.05) is 12.1 Å². The summed E-state index contributed by atoms with van der Waals surface area (Å²) < 4.78 is 22.1. The standard InChI is InChI=1S/C17H19N5O7/c1-26-15(23)12-7-28-17(25)21(12)16(24)27-6-9-2-5-13(29-9)10-3-4-11-14(18)19-8-20-22(10)11/h3-4,8-9,12-13H,2,5-7H2,1H3,(H2,18,19,20). The number of carbonyl (C=O) groups excluding carboxylic acids is 3. The number of methoxy groups -OCH3 is 1. The molecule has 2 saturated heterocycles. The highest BCUT2D eigenvalue weighted by Gasteiger charge is 2.44. The van der Waals surface area contributed by atoms with Crippen molar-refractivity contribution in [1.29, 1.82) is 0 Å². The Morgan fingerprint density at radius 3 is 2.97 bits per heavy atom. The molecule has 4 rings (SSSR count). The molecule has 3 atom stereocenters. The van der Waals surface area contributed by atoms with Gasteiger partial charge in [0.25, 0.3) is 0 Å². The first-order chi connectivity index (χ1) is 14.0. The fourth-order valence-corrected chi connectivity index (χ4v) is 3.43. The van der Waals surface area contributed by atoms with Crippen LogP contribution in [0.5, 0.6) is 0 Å². The second kappa shape index (κ2) is 7.54. The fourth-order valence-electron chi connectivity index (χ4n) is 3.43. The number of anilines is 1. The molecular weight excluding hydrogens is 386 g/mol. The molecule has 2 aromatic rings. The lowest BCUT2D eigenvalue weighted by Gasteiger charge is -2.19. The van der Waals surface area contributed by atoms with Gasteiger partial charge < -0.3 is 24.7 Å². The van der Waals surface area contributed by atoms with Crippen molar-refractivity contribution in [2.75, 3.05) is 26.1 Å². The largest absolute Gasteiger partial charge is 0.467 e. The molecule has 2 N–H and O–H groups in total. The average molecular weight is 405 g/mol. The molecular formula is C17H19N5O7. The minimum absolute atomic E-state index is 0.0760. The highest BCUT2D eigenvalue weighted by Crippen LogP contribution is 2.34. The van der Waals surface area contributed by atoms with Crippen LogP contribution in [0, 0.1) is 0 Å². The highest BCUT2D eigenvalue weighted by molar-refractivity contribution is 5.95. The first-order valence-electron chi connectivity index (χ1n) is 8.93. The van der Waals surface area contributed by atoms with Crippen molar-refractivity contribution in [1.82, 2.24) is 19.5 Å². The van der Waals surface area contributed by atoms with Crippen LogP contribution < -0.4 is 5.73 Å². The zero-order valence-corrected chi connectivity index (χ0v) is 15.5. The number of amides is 2. The Bertz CT molecular complexity index is 961.